The Labute approximate surface area is 207 Å². The van der Waals surface area contributed by atoms with Gasteiger partial charge < -0.3 is 20.4 Å². The summed E-state index contributed by atoms with van der Waals surface area (Å²) in [4.78, 5) is 0. The van der Waals surface area contributed by atoms with E-state index in [4.69, 9.17) is 0 Å². The second-order valence-corrected chi connectivity index (χ2v) is 9.24. The molecule has 0 saturated heterocycles. The van der Waals surface area contributed by atoms with E-state index >= 15 is 0 Å². The summed E-state index contributed by atoms with van der Waals surface area (Å²) < 4.78 is 0. The van der Waals surface area contributed by atoms with Crippen LogP contribution in [-0.4, -0.2) is 20.4 Å². The van der Waals surface area contributed by atoms with Crippen molar-refractivity contribution < 1.29 is 20.4 Å². The van der Waals surface area contributed by atoms with Crippen molar-refractivity contribution in [1.82, 2.24) is 0 Å². The molecule has 0 fully saturated rings. The summed E-state index contributed by atoms with van der Waals surface area (Å²) in [5.41, 5.74) is 8.48. The van der Waals surface area contributed by atoms with Crippen LogP contribution in [0.1, 0.15) is 58.9 Å². The molecule has 0 amide bonds. The Balaban J connectivity index is 1.98. The minimum absolute atomic E-state index is 0.00187. The van der Waals surface area contributed by atoms with Gasteiger partial charge in [0, 0.05) is 21.9 Å². The molecule has 0 unspecified atom stereocenters. The zero-order valence-corrected chi connectivity index (χ0v) is 20.9. The Hall–Kier alpha value is -3.88. The van der Waals surface area contributed by atoms with Crippen LogP contribution in [0, 0.1) is 0 Å². The smallest absolute Gasteiger partial charge is 0.132 e. The summed E-state index contributed by atoms with van der Waals surface area (Å²) in [6, 6.07) is 10.9. The molecule has 0 heterocycles. The molecule has 0 aliphatic rings. The molecule has 4 N–H and O–H groups in total. The van der Waals surface area contributed by atoms with Gasteiger partial charge in [0.05, 0.1) is 0 Å². The lowest BCUT2D eigenvalue weighted by molar-refractivity contribution is 0.465. The van der Waals surface area contributed by atoms with Crippen molar-refractivity contribution in [3.63, 3.8) is 0 Å². The highest BCUT2D eigenvalue weighted by atomic mass is 16.3. The number of phenols is 4. The fourth-order valence-electron chi connectivity index (χ4n) is 4.01. The lowest BCUT2D eigenvalue weighted by atomic mass is 9.92. The molecule has 0 aliphatic heterocycles. The van der Waals surface area contributed by atoms with Gasteiger partial charge in [-0.3, -0.25) is 0 Å². The van der Waals surface area contributed by atoms with E-state index in [0.717, 1.165) is 31.3 Å². The van der Waals surface area contributed by atoms with E-state index in [1.54, 1.807) is 24.3 Å². The summed E-state index contributed by atoms with van der Waals surface area (Å²) in [5, 5.41) is 42.6. The van der Waals surface area contributed by atoms with Gasteiger partial charge in [-0.1, -0.05) is 35.4 Å². The van der Waals surface area contributed by atoms with Crippen LogP contribution in [0.25, 0.3) is 28.0 Å². The molecular formula is C31H34O4. The first kappa shape index (κ1) is 25.7. The van der Waals surface area contributed by atoms with Crippen LogP contribution in [-0.2, 0) is 0 Å². The van der Waals surface area contributed by atoms with E-state index in [1.807, 2.05) is 6.92 Å². The second kappa shape index (κ2) is 11.5. The number of allylic oxidation sites excluding steroid dienone is 5. The highest BCUT2D eigenvalue weighted by Gasteiger charge is 2.19. The van der Waals surface area contributed by atoms with Gasteiger partial charge in [0.15, 0.2) is 0 Å². The van der Waals surface area contributed by atoms with Crippen molar-refractivity contribution in [3.05, 3.63) is 82.6 Å². The molecular weight excluding hydrogens is 436 g/mol. The minimum atomic E-state index is -0.0490. The van der Waals surface area contributed by atoms with Gasteiger partial charge >= 0.3 is 0 Å². The van der Waals surface area contributed by atoms with E-state index < -0.39 is 0 Å². The fraction of sp³-hybridized carbons (Fsp3) is 0.258. The summed E-state index contributed by atoms with van der Waals surface area (Å²) in [6.45, 7) is 8.38. The molecule has 182 valence electrons. The highest BCUT2D eigenvalue weighted by Crippen LogP contribution is 2.46. The van der Waals surface area contributed by atoms with Crippen LogP contribution in [0.5, 0.6) is 23.0 Å². The lowest BCUT2D eigenvalue weighted by Gasteiger charge is -2.15. The Morgan fingerprint density at radius 1 is 0.743 bits per heavy atom. The van der Waals surface area contributed by atoms with Gasteiger partial charge in [0.1, 0.15) is 23.0 Å². The maximum atomic E-state index is 11.1. The van der Waals surface area contributed by atoms with Crippen molar-refractivity contribution in [2.24, 2.45) is 0 Å². The molecule has 4 heteroatoms. The summed E-state index contributed by atoms with van der Waals surface area (Å²) in [6.07, 6.45) is 10.0. The summed E-state index contributed by atoms with van der Waals surface area (Å²) in [5.74, 6) is 0.0504. The monoisotopic (exact) mass is 470 g/mol. The largest absolute Gasteiger partial charge is 0.508 e. The summed E-state index contributed by atoms with van der Waals surface area (Å²) in [7, 11) is 0. The van der Waals surface area contributed by atoms with Crippen LogP contribution < -0.4 is 0 Å². The molecule has 3 aromatic carbocycles. The van der Waals surface area contributed by atoms with Crippen LogP contribution in [0.15, 0.2) is 77.1 Å². The SMILES string of the molecule is CC(=C=Cc1c(-c2ccc(O)cc2)c(O)c2ccc(O)cc2c1O)CCC=C(C)CCC=C(C)C. The molecule has 0 bridgehead atoms. The molecule has 0 spiro atoms. The standard InChI is InChI=1S/C31H34O4/c1-20(2)7-5-8-21(3)9-6-10-22(4)11-17-27-29(23-12-14-24(32)15-13-23)31(35)26-18-16-25(33)19-28(26)30(27)34/h7,9,12-19,32-35H,5-6,8,10H2,1-4H3. The van der Waals surface area contributed by atoms with Crippen molar-refractivity contribution in [3.8, 4) is 34.1 Å². The predicted octanol–water partition coefficient (Wildman–Crippen LogP) is 8.36. The molecule has 3 rings (SSSR count). The van der Waals surface area contributed by atoms with Crippen molar-refractivity contribution in [2.75, 3.05) is 0 Å². The number of phenolic OH excluding ortho intramolecular Hbond substituents is 4. The Bertz CT molecular complexity index is 1330. The van der Waals surface area contributed by atoms with Crippen LogP contribution >= 0.6 is 0 Å². The van der Waals surface area contributed by atoms with E-state index in [-0.39, 0.29) is 23.0 Å². The quantitative estimate of drug-likeness (QED) is 0.151. The van der Waals surface area contributed by atoms with E-state index in [0.29, 0.717) is 27.5 Å². The van der Waals surface area contributed by atoms with Crippen LogP contribution in [0.4, 0.5) is 0 Å². The molecule has 0 aliphatic carbocycles. The first-order valence-electron chi connectivity index (χ1n) is 11.9. The van der Waals surface area contributed by atoms with E-state index in [1.165, 1.54) is 35.4 Å². The van der Waals surface area contributed by atoms with Gasteiger partial charge in [0.2, 0.25) is 0 Å². The maximum absolute atomic E-state index is 11.1. The number of benzene rings is 3. The van der Waals surface area contributed by atoms with Gasteiger partial charge in [0.25, 0.3) is 0 Å². The topological polar surface area (TPSA) is 80.9 Å². The third-order valence-corrected chi connectivity index (χ3v) is 6.00. The predicted molar refractivity (Wildman–Crippen MR) is 145 cm³/mol. The Kier molecular flexibility index (Phi) is 8.46. The van der Waals surface area contributed by atoms with Crippen molar-refractivity contribution in [1.29, 1.82) is 0 Å². The third kappa shape index (κ3) is 6.59. The number of fused-ring (bicyclic) bond motifs is 1. The number of hydrogen-bond acceptors (Lipinski definition) is 4. The zero-order valence-electron chi connectivity index (χ0n) is 20.9. The molecule has 0 radical (unpaired) electrons. The number of aromatic hydroxyl groups is 4. The Morgan fingerprint density at radius 2 is 1.40 bits per heavy atom. The van der Waals surface area contributed by atoms with Gasteiger partial charge in [-0.25, -0.2) is 0 Å². The van der Waals surface area contributed by atoms with Crippen LogP contribution in [0.2, 0.25) is 0 Å². The first-order chi connectivity index (χ1) is 16.7. The molecule has 0 atom stereocenters. The molecule has 35 heavy (non-hydrogen) atoms. The Morgan fingerprint density at radius 3 is 2.09 bits per heavy atom. The number of hydrogen-bond donors (Lipinski definition) is 4. The molecule has 3 aromatic rings. The first-order valence-corrected chi connectivity index (χ1v) is 11.9. The maximum Gasteiger partial charge on any atom is 0.132 e. The minimum Gasteiger partial charge on any atom is -0.508 e. The molecule has 0 aromatic heterocycles. The normalized spacial score (nSPS) is 11.3. The average Bonchev–Trinajstić information content (AvgIpc) is 2.81. The van der Waals surface area contributed by atoms with E-state index in [9.17, 15) is 20.4 Å². The lowest BCUT2D eigenvalue weighted by Crippen LogP contribution is -1.89. The van der Waals surface area contributed by atoms with Gasteiger partial charge in [-0.05, 0) is 101 Å². The van der Waals surface area contributed by atoms with E-state index in [2.05, 4.69) is 38.7 Å². The molecule has 4 nitrogen and oxygen atoms in total. The molecule has 0 saturated carbocycles. The summed E-state index contributed by atoms with van der Waals surface area (Å²) >= 11 is 0. The zero-order chi connectivity index (χ0) is 25.5. The van der Waals surface area contributed by atoms with Crippen molar-refractivity contribution >= 4 is 16.8 Å². The van der Waals surface area contributed by atoms with Crippen molar-refractivity contribution in [2.45, 2.75) is 53.4 Å². The number of rotatable bonds is 8. The second-order valence-electron chi connectivity index (χ2n) is 9.24. The van der Waals surface area contributed by atoms with Crippen LogP contribution in [0.3, 0.4) is 0 Å². The highest BCUT2D eigenvalue weighted by molar-refractivity contribution is 6.04. The van der Waals surface area contributed by atoms with Gasteiger partial charge in [-0.2, -0.15) is 0 Å². The third-order valence-electron chi connectivity index (χ3n) is 6.00. The van der Waals surface area contributed by atoms with Gasteiger partial charge in [-0.15, -0.1) is 5.73 Å². The average molecular weight is 471 g/mol. The fourth-order valence-corrected chi connectivity index (χ4v) is 4.01.